The van der Waals surface area contributed by atoms with Crippen molar-refractivity contribution in [3.63, 3.8) is 0 Å². The zero-order chi connectivity index (χ0) is 40.7. The van der Waals surface area contributed by atoms with E-state index in [1.807, 2.05) is 27.2 Å². The molecule has 0 bridgehead atoms. The smallest absolute Gasteiger partial charge is 0.387 e. The van der Waals surface area contributed by atoms with Gasteiger partial charge in [0, 0.05) is 6.42 Å². The average Bonchev–Trinajstić information content (AvgIpc) is 3.13. The molecule has 0 rings (SSSR count). The molecule has 0 aliphatic heterocycles. The zero-order valence-electron chi connectivity index (χ0n) is 35.6. The molecule has 0 aromatic rings. The van der Waals surface area contributed by atoms with Crippen molar-refractivity contribution in [1.29, 1.82) is 0 Å². The maximum atomic E-state index is 12.8. The van der Waals surface area contributed by atoms with Crippen LogP contribution in [0.15, 0.2) is 85.1 Å². The Morgan fingerprint density at radius 1 is 0.636 bits per heavy atom. The number of unbranched alkanes of at least 4 members (excludes halogenated alkanes) is 12. The average molecular weight is 790 g/mol. The minimum absolute atomic E-state index is 0.0544. The standard InChI is InChI=1S/C46H81N2O6P/c1-6-8-10-12-14-15-16-17-18-19-20-21-22-23-24-25-26-27-28-29-30-31-32-33-34-36-38-40-46(50)47-44(45(49)39-37-35-13-11-9-7-2)43-54-55(51,52)53-42-41-48(3,4)5/h8,10,14-15,17-18,20-21,23-24,26-27,37,39,44-45,49H,6-7,9,11-13,16,19,22,25,28-36,38,40-43H2,1-5H3,(H-,47,50,51,52)/p+1/b10-8-,15-14-,18-17-,21-20-,24-23-,27-26-,39-37+. The normalized spacial score (nSPS) is 15.3. The van der Waals surface area contributed by atoms with Crippen molar-refractivity contribution in [1.82, 2.24) is 5.32 Å². The molecule has 0 saturated heterocycles. The van der Waals surface area contributed by atoms with Crippen LogP contribution in [0.5, 0.6) is 0 Å². The van der Waals surface area contributed by atoms with Gasteiger partial charge in [-0.15, -0.1) is 0 Å². The fraction of sp³-hybridized carbons (Fsp3) is 0.674. The number of hydrogen-bond acceptors (Lipinski definition) is 5. The Labute approximate surface area is 337 Å². The number of carbonyl (C=O) groups is 1. The van der Waals surface area contributed by atoms with Gasteiger partial charge in [-0.1, -0.05) is 157 Å². The number of aliphatic hydroxyl groups excluding tert-OH is 1. The van der Waals surface area contributed by atoms with Gasteiger partial charge < -0.3 is 19.8 Å². The molecule has 0 saturated carbocycles. The molecule has 0 aliphatic rings. The first-order chi connectivity index (χ1) is 26.5. The van der Waals surface area contributed by atoms with E-state index in [2.05, 4.69) is 92.1 Å². The van der Waals surface area contributed by atoms with Crippen molar-refractivity contribution >= 4 is 13.7 Å². The molecule has 1 amide bonds. The minimum Gasteiger partial charge on any atom is -0.387 e. The van der Waals surface area contributed by atoms with E-state index >= 15 is 0 Å². The summed E-state index contributed by atoms with van der Waals surface area (Å²) in [5.41, 5.74) is 0. The summed E-state index contributed by atoms with van der Waals surface area (Å²) in [7, 11) is 1.54. The van der Waals surface area contributed by atoms with Crippen molar-refractivity contribution in [3.8, 4) is 0 Å². The van der Waals surface area contributed by atoms with E-state index in [0.29, 0.717) is 17.4 Å². The molecule has 316 valence electrons. The second-order valence-electron chi connectivity index (χ2n) is 15.3. The maximum Gasteiger partial charge on any atom is 0.472 e. The number of rotatable bonds is 37. The Morgan fingerprint density at radius 3 is 1.60 bits per heavy atom. The van der Waals surface area contributed by atoms with Gasteiger partial charge in [-0.3, -0.25) is 13.8 Å². The molecule has 0 aromatic heterocycles. The van der Waals surface area contributed by atoms with Gasteiger partial charge in [-0.25, -0.2) is 4.57 Å². The second kappa shape index (κ2) is 37.3. The fourth-order valence-corrected chi connectivity index (χ4v) is 6.19. The van der Waals surface area contributed by atoms with Gasteiger partial charge in [0.15, 0.2) is 0 Å². The van der Waals surface area contributed by atoms with E-state index in [0.717, 1.165) is 89.9 Å². The lowest BCUT2D eigenvalue weighted by atomic mass is 10.1. The van der Waals surface area contributed by atoms with Crippen LogP contribution in [-0.4, -0.2) is 73.4 Å². The van der Waals surface area contributed by atoms with Crippen LogP contribution in [0.25, 0.3) is 0 Å². The van der Waals surface area contributed by atoms with Crippen LogP contribution in [0, 0.1) is 0 Å². The zero-order valence-corrected chi connectivity index (χ0v) is 36.5. The number of hydrogen-bond donors (Lipinski definition) is 3. The Kier molecular flexibility index (Phi) is 35.7. The number of amides is 1. The topological polar surface area (TPSA) is 105 Å². The van der Waals surface area contributed by atoms with Crippen molar-refractivity contribution < 1.29 is 32.9 Å². The van der Waals surface area contributed by atoms with E-state index in [4.69, 9.17) is 9.05 Å². The van der Waals surface area contributed by atoms with Crippen LogP contribution in [0.2, 0.25) is 0 Å². The molecule has 0 aliphatic carbocycles. The Morgan fingerprint density at radius 2 is 1.09 bits per heavy atom. The number of phosphoric ester groups is 1. The molecule has 0 fully saturated rings. The van der Waals surface area contributed by atoms with E-state index in [1.165, 1.54) is 38.5 Å². The van der Waals surface area contributed by atoms with Gasteiger partial charge in [0.2, 0.25) is 5.91 Å². The third-order valence-electron chi connectivity index (χ3n) is 8.87. The van der Waals surface area contributed by atoms with Gasteiger partial charge in [0.1, 0.15) is 13.2 Å². The summed E-state index contributed by atoms with van der Waals surface area (Å²) in [4.78, 5) is 22.9. The van der Waals surface area contributed by atoms with Crippen molar-refractivity contribution in [3.05, 3.63) is 85.1 Å². The summed E-state index contributed by atoms with van der Waals surface area (Å²) in [5.74, 6) is -0.197. The number of quaternary nitrogens is 1. The maximum absolute atomic E-state index is 12.8. The van der Waals surface area contributed by atoms with E-state index in [9.17, 15) is 19.4 Å². The molecular formula is C46H82N2O6P+. The van der Waals surface area contributed by atoms with Crippen LogP contribution in [0.1, 0.15) is 149 Å². The van der Waals surface area contributed by atoms with Gasteiger partial charge in [0.05, 0.1) is 39.9 Å². The lowest BCUT2D eigenvalue weighted by molar-refractivity contribution is -0.870. The molecule has 0 aromatic carbocycles. The summed E-state index contributed by atoms with van der Waals surface area (Å²) >= 11 is 0. The first-order valence-corrected chi connectivity index (χ1v) is 23.0. The molecule has 0 spiro atoms. The van der Waals surface area contributed by atoms with Crippen LogP contribution >= 0.6 is 7.82 Å². The van der Waals surface area contributed by atoms with Gasteiger partial charge in [-0.2, -0.15) is 0 Å². The summed E-state index contributed by atoms with van der Waals surface area (Å²) < 4.78 is 23.4. The molecule has 3 N–H and O–H groups in total. The molecule has 0 radical (unpaired) electrons. The lowest BCUT2D eigenvalue weighted by Gasteiger charge is -2.25. The lowest BCUT2D eigenvalue weighted by Crippen LogP contribution is -2.45. The first-order valence-electron chi connectivity index (χ1n) is 21.5. The van der Waals surface area contributed by atoms with Crippen LogP contribution < -0.4 is 5.32 Å². The Balaban J connectivity index is 4.15. The van der Waals surface area contributed by atoms with Crippen molar-refractivity contribution in [2.24, 2.45) is 0 Å². The predicted molar refractivity (Wildman–Crippen MR) is 235 cm³/mol. The number of allylic oxidation sites excluding steroid dienone is 13. The second-order valence-corrected chi connectivity index (χ2v) is 16.8. The molecular weight excluding hydrogens is 707 g/mol. The number of phosphoric acid groups is 1. The van der Waals surface area contributed by atoms with Gasteiger partial charge in [0.25, 0.3) is 0 Å². The molecule has 3 atom stereocenters. The number of likely N-dealkylation sites (N-methyl/N-ethyl adjacent to an activating group) is 1. The Bertz CT molecular complexity index is 1170. The monoisotopic (exact) mass is 790 g/mol. The van der Waals surface area contributed by atoms with E-state index in [1.54, 1.807) is 6.08 Å². The highest BCUT2D eigenvalue weighted by Gasteiger charge is 2.27. The predicted octanol–water partition coefficient (Wildman–Crippen LogP) is 11.8. The highest BCUT2D eigenvalue weighted by molar-refractivity contribution is 7.47. The van der Waals surface area contributed by atoms with Crippen LogP contribution in [0.4, 0.5) is 0 Å². The first kappa shape index (κ1) is 52.7. The van der Waals surface area contributed by atoms with Crippen molar-refractivity contribution in [2.45, 2.75) is 161 Å². The van der Waals surface area contributed by atoms with Crippen molar-refractivity contribution in [2.75, 3.05) is 40.9 Å². The number of aliphatic hydroxyl groups is 1. The number of nitrogens with zero attached hydrogens (tertiary/aromatic N) is 1. The number of carbonyl (C=O) groups excluding carboxylic acids is 1. The van der Waals surface area contributed by atoms with Crippen LogP contribution in [-0.2, 0) is 18.4 Å². The summed E-state index contributed by atoms with van der Waals surface area (Å²) in [6, 6.07) is -0.852. The largest absolute Gasteiger partial charge is 0.472 e. The molecule has 8 nitrogen and oxygen atoms in total. The van der Waals surface area contributed by atoms with Gasteiger partial charge in [-0.05, 0) is 70.6 Å². The highest BCUT2D eigenvalue weighted by Crippen LogP contribution is 2.43. The van der Waals surface area contributed by atoms with E-state index in [-0.39, 0.29) is 19.1 Å². The third-order valence-corrected chi connectivity index (χ3v) is 9.86. The molecule has 55 heavy (non-hydrogen) atoms. The van der Waals surface area contributed by atoms with Crippen LogP contribution in [0.3, 0.4) is 0 Å². The quantitative estimate of drug-likeness (QED) is 0.0251. The van der Waals surface area contributed by atoms with E-state index < -0.39 is 20.0 Å². The van der Waals surface area contributed by atoms with Gasteiger partial charge >= 0.3 is 7.82 Å². The highest BCUT2D eigenvalue weighted by atomic mass is 31.2. The minimum atomic E-state index is -4.33. The molecule has 3 unspecified atom stereocenters. The SMILES string of the molecule is CC/C=C\C/C=C\C/C=C\C/C=C\C/C=C\C/C=C\CCCCCCCCCCC(=O)NC(COP(=O)(O)OCC[N+](C)(C)C)C(O)/C=C/CCCCCC. The number of nitrogens with one attached hydrogen (secondary N) is 1. The summed E-state index contributed by atoms with van der Waals surface area (Å²) in [6.45, 7) is 4.58. The fourth-order valence-electron chi connectivity index (χ4n) is 5.45. The Hall–Kier alpha value is -2.32. The third kappa shape index (κ3) is 39.7. The molecule has 9 heteroatoms. The molecule has 0 heterocycles. The summed E-state index contributed by atoms with van der Waals surface area (Å²) in [6.07, 6.45) is 51.1. The summed E-state index contributed by atoms with van der Waals surface area (Å²) in [5, 5.41) is 13.6.